The number of benzene rings is 2. The molecule has 136 valence electrons. The molecule has 2 aliphatic heterocycles. The number of aliphatic hydroxyl groups is 1. The molecule has 2 aromatic carbocycles. The van der Waals surface area contributed by atoms with E-state index in [0.29, 0.717) is 32.2 Å². The summed E-state index contributed by atoms with van der Waals surface area (Å²) >= 11 is 0. The van der Waals surface area contributed by atoms with Gasteiger partial charge in [-0.15, -0.1) is 0 Å². The van der Waals surface area contributed by atoms with Crippen molar-refractivity contribution in [1.29, 1.82) is 0 Å². The Morgan fingerprint density at radius 3 is 2.58 bits per heavy atom. The third kappa shape index (κ3) is 3.20. The zero-order chi connectivity index (χ0) is 18.0. The lowest BCUT2D eigenvalue weighted by atomic mass is 9.76. The van der Waals surface area contributed by atoms with Gasteiger partial charge in [0.05, 0.1) is 13.2 Å². The number of rotatable bonds is 3. The predicted molar refractivity (Wildman–Crippen MR) is 101 cm³/mol. The Bertz CT molecular complexity index is 763. The first-order valence-electron chi connectivity index (χ1n) is 9.10. The van der Waals surface area contributed by atoms with Crippen LogP contribution >= 0.6 is 0 Å². The van der Waals surface area contributed by atoms with Gasteiger partial charge in [0.15, 0.2) is 0 Å². The standard InChI is InChI=1S/C21H24N2O3/c24-14-21-13-23(12-18(21)10-11-26-15-21)20(25)22-19-8-6-17(7-9-19)16-4-2-1-3-5-16/h1-9,18,24H,10-15H2,(H,22,25)/t18-,21+/m0/s1. The zero-order valence-electron chi connectivity index (χ0n) is 14.7. The number of fused-ring (bicyclic) bond motifs is 1. The van der Waals surface area contributed by atoms with E-state index in [4.69, 9.17) is 4.74 Å². The minimum Gasteiger partial charge on any atom is -0.396 e. The van der Waals surface area contributed by atoms with Crippen molar-refractivity contribution in [3.63, 3.8) is 0 Å². The molecule has 2 amide bonds. The van der Waals surface area contributed by atoms with Gasteiger partial charge < -0.3 is 20.1 Å². The Hall–Kier alpha value is -2.37. The summed E-state index contributed by atoms with van der Waals surface area (Å²) < 4.78 is 5.56. The number of carbonyl (C=O) groups excluding carboxylic acids is 1. The van der Waals surface area contributed by atoms with Crippen LogP contribution in [0.2, 0.25) is 0 Å². The molecule has 2 heterocycles. The maximum absolute atomic E-state index is 12.7. The van der Waals surface area contributed by atoms with E-state index >= 15 is 0 Å². The molecule has 2 saturated heterocycles. The van der Waals surface area contributed by atoms with Crippen molar-refractivity contribution in [2.24, 2.45) is 11.3 Å². The van der Waals surface area contributed by atoms with Gasteiger partial charge in [-0.3, -0.25) is 0 Å². The summed E-state index contributed by atoms with van der Waals surface area (Å²) in [6.45, 7) is 2.53. The molecule has 0 radical (unpaired) electrons. The Morgan fingerprint density at radius 1 is 1.15 bits per heavy atom. The summed E-state index contributed by atoms with van der Waals surface area (Å²) in [5, 5.41) is 12.8. The van der Waals surface area contributed by atoms with Gasteiger partial charge >= 0.3 is 6.03 Å². The second-order valence-corrected chi connectivity index (χ2v) is 7.31. The first kappa shape index (κ1) is 17.1. The molecule has 2 fully saturated rings. The molecular formula is C21H24N2O3. The number of likely N-dealkylation sites (tertiary alicyclic amines) is 1. The van der Waals surface area contributed by atoms with E-state index in [-0.39, 0.29) is 18.1 Å². The fourth-order valence-electron chi connectivity index (χ4n) is 4.05. The van der Waals surface area contributed by atoms with Gasteiger partial charge in [-0.05, 0) is 35.6 Å². The molecule has 5 heteroatoms. The maximum atomic E-state index is 12.7. The van der Waals surface area contributed by atoms with Crippen molar-refractivity contribution in [3.05, 3.63) is 54.6 Å². The predicted octanol–water partition coefficient (Wildman–Crippen LogP) is 3.22. The molecule has 0 aromatic heterocycles. The minimum absolute atomic E-state index is 0.0627. The molecule has 5 nitrogen and oxygen atoms in total. The highest BCUT2D eigenvalue weighted by Gasteiger charge is 2.49. The van der Waals surface area contributed by atoms with E-state index in [0.717, 1.165) is 23.2 Å². The van der Waals surface area contributed by atoms with E-state index in [1.807, 2.05) is 42.5 Å². The topological polar surface area (TPSA) is 61.8 Å². The largest absolute Gasteiger partial charge is 0.396 e. The van der Waals surface area contributed by atoms with Gasteiger partial charge in [0.2, 0.25) is 0 Å². The number of ether oxygens (including phenoxy) is 1. The molecule has 2 atom stereocenters. The molecular weight excluding hydrogens is 328 g/mol. The van der Waals surface area contributed by atoms with Gasteiger partial charge in [-0.25, -0.2) is 4.79 Å². The second-order valence-electron chi connectivity index (χ2n) is 7.31. The van der Waals surface area contributed by atoms with Crippen LogP contribution in [0.3, 0.4) is 0 Å². The molecule has 2 aromatic rings. The first-order valence-corrected chi connectivity index (χ1v) is 9.10. The summed E-state index contributed by atoms with van der Waals surface area (Å²) in [5.74, 6) is 0.312. The van der Waals surface area contributed by atoms with E-state index in [2.05, 4.69) is 17.4 Å². The summed E-state index contributed by atoms with van der Waals surface area (Å²) in [4.78, 5) is 14.5. The number of amides is 2. The average Bonchev–Trinajstić information content (AvgIpc) is 3.10. The van der Waals surface area contributed by atoms with Crippen molar-refractivity contribution in [2.75, 3.05) is 38.2 Å². The van der Waals surface area contributed by atoms with E-state index < -0.39 is 0 Å². The van der Waals surface area contributed by atoms with Crippen LogP contribution in [0.1, 0.15) is 6.42 Å². The van der Waals surface area contributed by atoms with Crippen molar-refractivity contribution < 1.29 is 14.6 Å². The zero-order valence-corrected chi connectivity index (χ0v) is 14.7. The number of nitrogens with zero attached hydrogens (tertiary/aromatic N) is 1. The molecule has 0 bridgehead atoms. The van der Waals surface area contributed by atoms with Crippen LogP contribution in [0.15, 0.2) is 54.6 Å². The lowest BCUT2D eigenvalue weighted by molar-refractivity contribution is -0.0555. The smallest absolute Gasteiger partial charge is 0.321 e. The van der Waals surface area contributed by atoms with Crippen molar-refractivity contribution in [2.45, 2.75) is 6.42 Å². The number of carbonyl (C=O) groups is 1. The maximum Gasteiger partial charge on any atom is 0.321 e. The van der Waals surface area contributed by atoms with Crippen molar-refractivity contribution in [1.82, 2.24) is 4.90 Å². The quantitative estimate of drug-likeness (QED) is 0.892. The molecule has 4 rings (SSSR count). The SMILES string of the molecule is O=C(Nc1ccc(-c2ccccc2)cc1)N1C[C@@H]2CCOC[C@]2(CO)C1. The van der Waals surface area contributed by atoms with Gasteiger partial charge in [0.25, 0.3) is 0 Å². The van der Waals surface area contributed by atoms with Crippen LogP contribution in [-0.2, 0) is 4.74 Å². The molecule has 26 heavy (non-hydrogen) atoms. The fourth-order valence-corrected chi connectivity index (χ4v) is 4.05. The second kappa shape index (κ2) is 7.09. The number of anilines is 1. The number of hydrogen-bond donors (Lipinski definition) is 2. The van der Waals surface area contributed by atoms with E-state index in [9.17, 15) is 9.90 Å². The Labute approximate surface area is 153 Å². The van der Waals surface area contributed by atoms with Crippen molar-refractivity contribution in [3.8, 4) is 11.1 Å². The van der Waals surface area contributed by atoms with Crippen LogP contribution in [0.5, 0.6) is 0 Å². The highest BCUT2D eigenvalue weighted by atomic mass is 16.5. The minimum atomic E-state index is -0.299. The Kier molecular flexibility index (Phi) is 4.66. The first-order chi connectivity index (χ1) is 12.7. The third-order valence-corrected chi connectivity index (χ3v) is 5.66. The Morgan fingerprint density at radius 2 is 1.88 bits per heavy atom. The van der Waals surface area contributed by atoms with Gasteiger partial charge in [0, 0.05) is 30.8 Å². The Balaban J connectivity index is 1.42. The molecule has 0 saturated carbocycles. The highest BCUT2D eigenvalue weighted by Crippen LogP contribution is 2.41. The van der Waals surface area contributed by atoms with Crippen LogP contribution < -0.4 is 5.32 Å². The van der Waals surface area contributed by atoms with Gasteiger partial charge in [0.1, 0.15) is 0 Å². The molecule has 2 N–H and O–H groups in total. The number of urea groups is 1. The lowest BCUT2D eigenvalue weighted by Gasteiger charge is -2.36. The van der Waals surface area contributed by atoms with E-state index in [1.165, 1.54) is 0 Å². The molecule has 0 unspecified atom stereocenters. The average molecular weight is 352 g/mol. The summed E-state index contributed by atoms with van der Waals surface area (Å²) in [6, 6.07) is 17.9. The molecule has 0 spiro atoms. The fraction of sp³-hybridized carbons (Fsp3) is 0.381. The van der Waals surface area contributed by atoms with Gasteiger partial charge in [-0.1, -0.05) is 42.5 Å². The molecule has 2 aliphatic rings. The lowest BCUT2D eigenvalue weighted by Crippen LogP contribution is -2.43. The van der Waals surface area contributed by atoms with Crippen molar-refractivity contribution >= 4 is 11.7 Å². The monoisotopic (exact) mass is 352 g/mol. The van der Waals surface area contributed by atoms with Gasteiger partial charge in [-0.2, -0.15) is 0 Å². The summed E-state index contributed by atoms with van der Waals surface area (Å²) in [5.41, 5.74) is 2.75. The van der Waals surface area contributed by atoms with E-state index in [1.54, 1.807) is 4.90 Å². The normalized spacial score (nSPS) is 25.0. The number of aliphatic hydroxyl groups excluding tert-OH is 1. The van der Waals surface area contributed by atoms with Crippen LogP contribution in [0, 0.1) is 11.3 Å². The van der Waals surface area contributed by atoms with Crippen LogP contribution in [0.25, 0.3) is 11.1 Å². The number of nitrogens with one attached hydrogen (secondary N) is 1. The van der Waals surface area contributed by atoms with Crippen LogP contribution in [0.4, 0.5) is 10.5 Å². The summed E-state index contributed by atoms with van der Waals surface area (Å²) in [6.07, 6.45) is 0.899. The van der Waals surface area contributed by atoms with Crippen LogP contribution in [-0.4, -0.2) is 48.9 Å². The third-order valence-electron chi connectivity index (χ3n) is 5.66. The number of hydrogen-bond acceptors (Lipinski definition) is 3. The summed E-state index contributed by atoms with van der Waals surface area (Å²) in [7, 11) is 0. The molecule has 0 aliphatic carbocycles. The highest BCUT2D eigenvalue weighted by molar-refractivity contribution is 5.90.